The lowest BCUT2D eigenvalue weighted by Gasteiger charge is -2.17. The Bertz CT molecular complexity index is 1090. The molecular weight excluding hydrogens is 364 g/mol. The standard InChI is InChI=1S/C24H24N2O3/c1-17(27)25(2)18-11-13-20(14-12-18)29-16-19(28)15-26-23-9-5-3-7-21(23)22-8-4-6-10-24(22)26/h3-14,19,28H,15-16H2,1-2H3/t19-/m0/s1. The van der Waals surface area contributed by atoms with Gasteiger partial charge in [0.2, 0.25) is 5.91 Å². The van der Waals surface area contributed by atoms with E-state index in [9.17, 15) is 9.90 Å². The van der Waals surface area contributed by atoms with Crippen LogP contribution in [0.2, 0.25) is 0 Å². The molecule has 0 unspecified atom stereocenters. The number of aliphatic hydroxyl groups excluding tert-OH is 1. The normalized spacial score (nSPS) is 12.2. The fraction of sp³-hybridized carbons (Fsp3) is 0.208. The van der Waals surface area contributed by atoms with E-state index in [-0.39, 0.29) is 12.5 Å². The van der Waals surface area contributed by atoms with E-state index < -0.39 is 6.10 Å². The van der Waals surface area contributed by atoms with Gasteiger partial charge < -0.3 is 19.3 Å². The number of aliphatic hydroxyl groups is 1. The van der Waals surface area contributed by atoms with Crippen molar-refractivity contribution in [1.82, 2.24) is 4.57 Å². The zero-order chi connectivity index (χ0) is 20.4. The minimum absolute atomic E-state index is 0.0275. The second kappa shape index (κ2) is 7.97. The SMILES string of the molecule is CC(=O)N(C)c1ccc(OC[C@@H](O)Cn2c3ccccc3c3ccccc32)cc1. The lowest BCUT2D eigenvalue weighted by Crippen LogP contribution is -2.24. The third-order valence-corrected chi connectivity index (χ3v) is 5.21. The van der Waals surface area contributed by atoms with Gasteiger partial charge in [0.1, 0.15) is 18.5 Å². The molecule has 0 saturated heterocycles. The molecule has 1 aromatic heterocycles. The van der Waals surface area contributed by atoms with Crippen LogP contribution in [-0.4, -0.2) is 35.3 Å². The van der Waals surface area contributed by atoms with E-state index in [4.69, 9.17) is 4.74 Å². The summed E-state index contributed by atoms with van der Waals surface area (Å²) in [5.74, 6) is 0.632. The Hall–Kier alpha value is -3.31. The van der Waals surface area contributed by atoms with Gasteiger partial charge in [-0.2, -0.15) is 0 Å². The Morgan fingerprint density at radius 2 is 1.52 bits per heavy atom. The molecule has 1 heterocycles. The van der Waals surface area contributed by atoms with Gasteiger partial charge in [-0.15, -0.1) is 0 Å². The fourth-order valence-electron chi connectivity index (χ4n) is 3.60. The van der Waals surface area contributed by atoms with Crippen molar-refractivity contribution in [3.05, 3.63) is 72.8 Å². The number of para-hydroxylation sites is 2. The van der Waals surface area contributed by atoms with Crippen molar-refractivity contribution in [3.8, 4) is 5.75 Å². The third kappa shape index (κ3) is 3.82. The van der Waals surface area contributed by atoms with Gasteiger partial charge in [0.25, 0.3) is 0 Å². The molecule has 0 saturated carbocycles. The van der Waals surface area contributed by atoms with Crippen LogP contribution in [0, 0.1) is 0 Å². The molecule has 0 radical (unpaired) electrons. The van der Waals surface area contributed by atoms with Gasteiger partial charge in [-0.1, -0.05) is 36.4 Å². The molecule has 5 heteroatoms. The van der Waals surface area contributed by atoms with Crippen molar-refractivity contribution >= 4 is 33.4 Å². The first-order chi connectivity index (χ1) is 14.0. The number of benzene rings is 3. The summed E-state index contributed by atoms with van der Waals surface area (Å²) in [6.45, 7) is 2.15. The van der Waals surface area contributed by atoms with Gasteiger partial charge >= 0.3 is 0 Å². The average molecular weight is 388 g/mol. The maximum absolute atomic E-state index is 11.4. The summed E-state index contributed by atoms with van der Waals surface area (Å²) in [7, 11) is 1.73. The molecule has 0 bridgehead atoms. The first-order valence-corrected chi connectivity index (χ1v) is 9.66. The highest BCUT2D eigenvalue weighted by molar-refractivity contribution is 6.07. The van der Waals surface area contributed by atoms with Crippen LogP contribution in [0.15, 0.2) is 72.8 Å². The molecule has 0 aliphatic carbocycles. The topological polar surface area (TPSA) is 54.7 Å². The number of fused-ring (bicyclic) bond motifs is 3. The predicted octanol–water partition coefficient (Wildman–Crippen LogP) is 4.22. The summed E-state index contributed by atoms with van der Waals surface area (Å²) in [5, 5.41) is 13.0. The number of aromatic nitrogens is 1. The minimum Gasteiger partial charge on any atom is -0.491 e. The first-order valence-electron chi connectivity index (χ1n) is 9.66. The highest BCUT2D eigenvalue weighted by Crippen LogP contribution is 2.29. The second-order valence-electron chi connectivity index (χ2n) is 7.18. The van der Waals surface area contributed by atoms with E-state index in [2.05, 4.69) is 28.8 Å². The Kier molecular flexibility index (Phi) is 5.23. The van der Waals surface area contributed by atoms with Crippen molar-refractivity contribution in [2.24, 2.45) is 0 Å². The smallest absolute Gasteiger partial charge is 0.223 e. The molecule has 5 nitrogen and oxygen atoms in total. The number of rotatable bonds is 6. The van der Waals surface area contributed by atoms with Crippen molar-refractivity contribution in [2.75, 3.05) is 18.6 Å². The van der Waals surface area contributed by atoms with Gasteiger partial charge in [-0.05, 0) is 36.4 Å². The Balaban J connectivity index is 1.48. The molecule has 4 rings (SSSR count). The number of ether oxygens (including phenoxy) is 1. The predicted molar refractivity (Wildman–Crippen MR) is 116 cm³/mol. The zero-order valence-electron chi connectivity index (χ0n) is 16.6. The van der Waals surface area contributed by atoms with E-state index in [0.717, 1.165) is 16.7 Å². The first kappa shape index (κ1) is 19.0. The van der Waals surface area contributed by atoms with Crippen LogP contribution in [-0.2, 0) is 11.3 Å². The van der Waals surface area contributed by atoms with Crippen molar-refractivity contribution < 1.29 is 14.6 Å². The largest absolute Gasteiger partial charge is 0.491 e. The average Bonchev–Trinajstić information content (AvgIpc) is 3.06. The van der Waals surface area contributed by atoms with Crippen LogP contribution >= 0.6 is 0 Å². The molecular formula is C24H24N2O3. The third-order valence-electron chi connectivity index (χ3n) is 5.21. The summed E-state index contributed by atoms with van der Waals surface area (Å²) in [4.78, 5) is 13.0. The van der Waals surface area contributed by atoms with E-state index in [1.165, 1.54) is 17.7 Å². The number of hydrogen-bond donors (Lipinski definition) is 1. The highest BCUT2D eigenvalue weighted by atomic mass is 16.5. The Labute approximate surface area is 169 Å². The lowest BCUT2D eigenvalue weighted by atomic mass is 10.2. The second-order valence-corrected chi connectivity index (χ2v) is 7.18. The van der Waals surface area contributed by atoms with Crippen LogP contribution < -0.4 is 9.64 Å². The van der Waals surface area contributed by atoms with Crippen molar-refractivity contribution in [1.29, 1.82) is 0 Å². The van der Waals surface area contributed by atoms with Gasteiger partial charge in [0, 0.05) is 41.5 Å². The van der Waals surface area contributed by atoms with E-state index in [1.54, 1.807) is 11.9 Å². The van der Waals surface area contributed by atoms with Crippen LogP contribution in [0.4, 0.5) is 5.69 Å². The zero-order valence-corrected chi connectivity index (χ0v) is 16.6. The minimum atomic E-state index is -0.659. The summed E-state index contributed by atoms with van der Waals surface area (Å²) in [5.41, 5.74) is 3.00. The van der Waals surface area contributed by atoms with Crippen LogP contribution in [0.5, 0.6) is 5.75 Å². The van der Waals surface area contributed by atoms with E-state index >= 15 is 0 Å². The number of carbonyl (C=O) groups is 1. The van der Waals surface area contributed by atoms with Crippen LogP contribution in [0.25, 0.3) is 21.8 Å². The number of anilines is 1. The van der Waals surface area contributed by atoms with Crippen LogP contribution in [0.1, 0.15) is 6.92 Å². The maximum atomic E-state index is 11.4. The number of nitrogens with zero attached hydrogens (tertiary/aromatic N) is 2. The molecule has 0 aliphatic heterocycles. The molecule has 0 aliphatic rings. The molecule has 4 aromatic rings. The summed E-state index contributed by atoms with van der Waals surface area (Å²) >= 11 is 0. The molecule has 148 valence electrons. The van der Waals surface area contributed by atoms with E-state index in [1.807, 2.05) is 48.5 Å². The van der Waals surface area contributed by atoms with Crippen molar-refractivity contribution in [2.45, 2.75) is 19.6 Å². The summed E-state index contributed by atoms with van der Waals surface area (Å²) in [6.07, 6.45) is -0.659. The summed E-state index contributed by atoms with van der Waals surface area (Å²) in [6, 6.07) is 23.7. The maximum Gasteiger partial charge on any atom is 0.223 e. The van der Waals surface area contributed by atoms with Gasteiger partial charge in [0.15, 0.2) is 0 Å². The molecule has 1 N–H and O–H groups in total. The van der Waals surface area contributed by atoms with Gasteiger partial charge in [-0.25, -0.2) is 0 Å². The van der Waals surface area contributed by atoms with E-state index in [0.29, 0.717) is 12.3 Å². The molecule has 0 spiro atoms. The molecule has 1 amide bonds. The molecule has 29 heavy (non-hydrogen) atoms. The van der Waals surface area contributed by atoms with Gasteiger partial charge in [-0.3, -0.25) is 4.79 Å². The Morgan fingerprint density at radius 3 is 2.07 bits per heavy atom. The molecule has 0 fully saturated rings. The summed E-state index contributed by atoms with van der Waals surface area (Å²) < 4.78 is 7.91. The fourth-order valence-corrected chi connectivity index (χ4v) is 3.60. The lowest BCUT2D eigenvalue weighted by molar-refractivity contribution is -0.116. The Morgan fingerprint density at radius 1 is 0.966 bits per heavy atom. The van der Waals surface area contributed by atoms with Crippen molar-refractivity contribution in [3.63, 3.8) is 0 Å². The highest BCUT2D eigenvalue weighted by Gasteiger charge is 2.14. The quantitative estimate of drug-likeness (QED) is 0.538. The number of hydrogen-bond acceptors (Lipinski definition) is 3. The molecule has 1 atom stereocenters. The monoisotopic (exact) mass is 388 g/mol. The van der Waals surface area contributed by atoms with Gasteiger partial charge in [0.05, 0.1) is 6.54 Å². The van der Waals surface area contributed by atoms with Crippen LogP contribution in [0.3, 0.4) is 0 Å². The molecule has 3 aromatic carbocycles. The number of carbonyl (C=O) groups excluding carboxylic acids is 1. The number of amides is 1.